The van der Waals surface area contributed by atoms with Gasteiger partial charge in [-0.3, -0.25) is 4.90 Å². The first-order valence-corrected chi connectivity index (χ1v) is 6.69. The summed E-state index contributed by atoms with van der Waals surface area (Å²) in [6.07, 6.45) is 3.99. The predicted octanol–water partition coefficient (Wildman–Crippen LogP) is 0.224. The lowest BCUT2D eigenvalue weighted by Crippen LogP contribution is -2.34. The fraction of sp³-hybridized carbons (Fsp3) is 0.769. The monoisotopic (exact) mass is 251 g/mol. The third kappa shape index (κ3) is 3.10. The van der Waals surface area contributed by atoms with Crippen molar-refractivity contribution in [2.75, 3.05) is 33.7 Å². The van der Waals surface area contributed by atoms with E-state index in [0.717, 1.165) is 37.8 Å². The average Bonchev–Trinajstić information content (AvgIpc) is 2.87. The smallest absolute Gasteiger partial charge is 0.0950 e. The Morgan fingerprint density at radius 1 is 1.44 bits per heavy atom. The number of likely N-dealkylation sites (tertiary alicyclic amines) is 1. The zero-order valence-electron chi connectivity index (χ0n) is 11.7. The van der Waals surface area contributed by atoms with Gasteiger partial charge in [-0.25, -0.2) is 4.98 Å². The number of imidazole rings is 1. The van der Waals surface area contributed by atoms with Crippen molar-refractivity contribution in [2.45, 2.75) is 26.1 Å². The summed E-state index contributed by atoms with van der Waals surface area (Å²) in [7, 11) is 4.33. The van der Waals surface area contributed by atoms with Gasteiger partial charge in [0.1, 0.15) is 0 Å². The van der Waals surface area contributed by atoms with Crippen molar-refractivity contribution < 1.29 is 0 Å². The van der Waals surface area contributed by atoms with Crippen LogP contribution in [0.5, 0.6) is 0 Å². The van der Waals surface area contributed by atoms with E-state index in [9.17, 15) is 0 Å². The number of likely N-dealkylation sites (N-methyl/N-ethyl adjacent to an activating group) is 1. The van der Waals surface area contributed by atoms with Crippen LogP contribution in [0.15, 0.2) is 12.5 Å². The molecular formula is C13H25N5. The van der Waals surface area contributed by atoms with Crippen molar-refractivity contribution >= 4 is 0 Å². The lowest BCUT2D eigenvalue weighted by Gasteiger charge is -2.22. The largest absolute Gasteiger partial charge is 0.336 e. The van der Waals surface area contributed by atoms with Crippen molar-refractivity contribution in [1.29, 1.82) is 0 Å². The van der Waals surface area contributed by atoms with Gasteiger partial charge in [-0.2, -0.15) is 0 Å². The Hall–Kier alpha value is -0.910. The highest BCUT2D eigenvalue weighted by atomic mass is 15.2. The third-order valence-electron chi connectivity index (χ3n) is 3.77. The molecule has 1 aliphatic heterocycles. The van der Waals surface area contributed by atoms with E-state index < -0.39 is 0 Å². The molecule has 2 heterocycles. The van der Waals surface area contributed by atoms with Crippen LogP contribution in [0.25, 0.3) is 0 Å². The minimum Gasteiger partial charge on any atom is -0.336 e. The standard InChI is InChI=1S/C13H25N5/c1-11-6-18(9-13(11)16(2)3)8-12-7-17(5-4-14)10-15-12/h7,10-11,13H,4-6,8-9,14H2,1-3H3. The predicted molar refractivity (Wildman–Crippen MR) is 73.2 cm³/mol. The van der Waals surface area contributed by atoms with Crippen molar-refractivity contribution in [2.24, 2.45) is 11.7 Å². The summed E-state index contributed by atoms with van der Waals surface area (Å²) >= 11 is 0. The quantitative estimate of drug-likeness (QED) is 0.813. The molecule has 2 unspecified atom stereocenters. The van der Waals surface area contributed by atoms with Crippen LogP contribution in [-0.2, 0) is 13.1 Å². The number of hydrogen-bond acceptors (Lipinski definition) is 4. The second kappa shape index (κ2) is 5.82. The molecule has 5 heteroatoms. The minimum absolute atomic E-state index is 0.663. The van der Waals surface area contributed by atoms with Gasteiger partial charge in [0.25, 0.3) is 0 Å². The maximum absolute atomic E-state index is 5.54. The molecule has 0 aliphatic carbocycles. The van der Waals surface area contributed by atoms with Gasteiger partial charge in [-0.05, 0) is 20.0 Å². The van der Waals surface area contributed by atoms with E-state index in [4.69, 9.17) is 5.73 Å². The molecule has 0 spiro atoms. The Morgan fingerprint density at radius 3 is 2.83 bits per heavy atom. The lowest BCUT2D eigenvalue weighted by atomic mass is 10.1. The number of nitrogens with zero attached hydrogens (tertiary/aromatic N) is 4. The Bertz CT molecular complexity index is 373. The van der Waals surface area contributed by atoms with Crippen molar-refractivity contribution in [3.8, 4) is 0 Å². The van der Waals surface area contributed by atoms with Crippen LogP contribution in [0.2, 0.25) is 0 Å². The normalized spacial score (nSPS) is 25.2. The summed E-state index contributed by atoms with van der Waals surface area (Å²) in [5.74, 6) is 0.728. The molecule has 18 heavy (non-hydrogen) atoms. The van der Waals surface area contributed by atoms with Gasteiger partial charge in [-0.1, -0.05) is 6.92 Å². The molecule has 1 aliphatic rings. The number of nitrogens with two attached hydrogens (primary N) is 1. The van der Waals surface area contributed by atoms with Gasteiger partial charge in [0, 0.05) is 45.0 Å². The van der Waals surface area contributed by atoms with Crippen LogP contribution >= 0.6 is 0 Å². The molecule has 0 bridgehead atoms. The van der Waals surface area contributed by atoms with Crippen LogP contribution in [0.4, 0.5) is 0 Å². The second-order valence-electron chi connectivity index (χ2n) is 5.59. The molecule has 1 aromatic heterocycles. The SMILES string of the molecule is CC1CN(Cc2cn(CCN)cn2)CC1N(C)C. The molecule has 0 saturated carbocycles. The summed E-state index contributed by atoms with van der Waals surface area (Å²) < 4.78 is 2.07. The lowest BCUT2D eigenvalue weighted by molar-refractivity contribution is 0.249. The second-order valence-corrected chi connectivity index (χ2v) is 5.59. The van der Waals surface area contributed by atoms with Crippen LogP contribution in [0, 0.1) is 5.92 Å². The molecule has 0 aromatic carbocycles. The maximum atomic E-state index is 5.54. The van der Waals surface area contributed by atoms with E-state index in [0.29, 0.717) is 12.6 Å². The molecular weight excluding hydrogens is 226 g/mol. The van der Waals surface area contributed by atoms with Gasteiger partial charge in [0.15, 0.2) is 0 Å². The molecule has 5 nitrogen and oxygen atoms in total. The highest BCUT2D eigenvalue weighted by Crippen LogP contribution is 2.21. The van der Waals surface area contributed by atoms with Crippen LogP contribution in [-0.4, -0.2) is 59.1 Å². The molecule has 1 saturated heterocycles. The van der Waals surface area contributed by atoms with Gasteiger partial charge in [-0.15, -0.1) is 0 Å². The van der Waals surface area contributed by atoms with E-state index in [-0.39, 0.29) is 0 Å². The highest BCUT2D eigenvalue weighted by Gasteiger charge is 2.30. The molecule has 1 aromatic rings. The van der Waals surface area contributed by atoms with E-state index in [1.54, 1.807) is 0 Å². The first-order chi connectivity index (χ1) is 8.60. The summed E-state index contributed by atoms with van der Waals surface area (Å²) in [6.45, 7) is 7.09. The number of rotatable bonds is 5. The van der Waals surface area contributed by atoms with Gasteiger partial charge in [0.05, 0.1) is 12.0 Å². The van der Waals surface area contributed by atoms with E-state index >= 15 is 0 Å². The van der Waals surface area contributed by atoms with Gasteiger partial charge < -0.3 is 15.2 Å². The zero-order valence-corrected chi connectivity index (χ0v) is 11.7. The fourth-order valence-corrected chi connectivity index (χ4v) is 2.84. The van der Waals surface area contributed by atoms with Crippen molar-refractivity contribution in [3.05, 3.63) is 18.2 Å². The molecule has 102 valence electrons. The molecule has 1 fully saturated rings. The minimum atomic E-state index is 0.663. The van der Waals surface area contributed by atoms with E-state index in [2.05, 4.69) is 46.6 Å². The summed E-state index contributed by atoms with van der Waals surface area (Å²) in [5.41, 5.74) is 6.69. The molecule has 0 radical (unpaired) electrons. The van der Waals surface area contributed by atoms with Crippen LogP contribution in [0.1, 0.15) is 12.6 Å². The van der Waals surface area contributed by atoms with E-state index in [1.807, 2.05) is 6.33 Å². The summed E-state index contributed by atoms with van der Waals surface area (Å²) in [4.78, 5) is 9.27. The van der Waals surface area contributed by atoms with E-state index in [1.165, 1.54) is 0 Å². The third-order valence-corrected chi connectivity index (χ3v) is 3.77. The Balaban J connectivity index is 1.90. The fourth-order valence-electron chi connectivity index (χ4n) is 2.84. The highest BCUT2D eigenvalue weighted by molar-refractivity contribution is 4.99. The van der Waals surface area contributed by atoms with Gasteiger partial charge in [0.2, 0.25) is 0 Å². The van der Waals surface area contributed by atoms with Gasteiger partial charge >= 0.3 is 0 Å². The number of aromatic nitrogens is 2. The first kappa shape index (κ1) is 13.5. The first-order valence-electron chi connectivity index (χ1n) is 6.69. The summed E-state index contributed by atoms with van der Waals surface area (Å²) in [5, 5.41) is 0. The Kier molecular flexibility index (Phi) is 4.37. The molecule has 0 amide bonds. The number of hydrogen-bond donors (Lipinski definition) is 1. The summed E-state index contributed by atoms with van der Waals surface area (Å²) in [6, 6.07) is 0.663. The van der Waals surface area contributed by atoms with Crippen LogP contribution < -0.4 is 5.73 Å². The van der Waals surface area contributed by atoms with Crippen LogP contribution in [0.3, 0.4) is 0 Å². The zero-order chi connectivity index (χ0) is 13.1. The average molecular weight is 251 g/mol. The molecule has 2 rings (SSSR count). The van der Waals surface area contributed by atoms with Crippen molar-refractivity contribution in [1.82, 2.24) is 19.4 Å². The molecule has 2 atom stereocenters. The molecule has 2 N–H and O–H groups in total. The maximum Gasteiger partial charge on any atom is 0.0950 e. The topological polar surface area (TPSA) is 50.3 Å². The van der Waals surface area contributed by atoms with Crippen molar-refractivity contribution in [3.63, 3.8) is 0 Å². The Labute approximate surface area is 110 Å². The Morgan fingerprint density at radius 2 is 2.22 bits per heavy atom.